The van der Waals surface area contributed by atoms with Gasteiger partial charge in [0.1, 0.15) is 0 Å². The van der Waals surface area contributed by atoms with Gasteiger partial charge in [0.25, 0.3) is 0 Å². The Morgan fingerprint density at radius 2 is 1.79 bits per heavy atom. The van der Waals surface area contributed by atoms with E-state index in [1.165, 1.54) is 7.11 Å². The molecule has 7 nitrogen and oxygen atoms in total. The molecular formula is C18H29Cl2N3O4S. The summed E-state index contributed by atoms with van der Waals surface area (Å²) in [7, 11) is -2.15. The quantitative estimate of drug-likeness (QED) is 0.455. The second-order valence-corrected chi connectivity index (χ2v) is 8.71. The molecule has 1 aliphatic heterocycles. The van der Waals surface area contributed by atoms with Crippen molar-refractivity contribution in [3.05, 3.63) is 29.8 Å². The van der Waals surface area contributed by atoms with Crippen LogP contribution in [0.5, 0.6) is 0 Å². The third kappa shape index (κ3) is 5.81. The normalized spacial score (nSPS) is 18.5. The zero-order valence-electron chi connectivity index (χ0n) is 16.0. The van der Waals surface area contributed by atoms with Crippen LogP contribution in [0.15, 0.2) is 29.2 Å². The summed E-state index contributed by atoms with van der Waals surface area (Å²) in [6, 6.07) is 6.58. The summed E-state index contributed by atoms with van der Waals surface area (Å²) in [5.74, 6) is -0.251. The molecule has 0 unspecified atom stereocenters. The van der Waals surface area contributed by atoms with Crippen LogP contribution >= 0.6 is 24.8 Å². The standard InChI is InChI=1S/C18H27N3O4S.2ClH/c1-25-17(22)18(7-8-18)15-3-5-16(6-4-15)26(23,24)20-9-2-12-21-13-10-19-11-14-21;;/h3-6,19-20H,2,7-14H2,1H3;2*1H. The highest BCUT2D eigenvalue weighted by molar-refractivity contribution is 7.89. The second kappa shape index (κ2) is 10.8. The van der Waals surface area contributed by atoms with Gasteiger partial charge in [-0.2, -0.15) is 0 Å². The number of benzene rings is 1. The number of esters is 1. The summed E-state index contributed by atoms with van der Waals surface area (Å²) < 4.78 is 32.4. The van der Waals surface area contributed by atoms with Gasteiger partial charge in [0, 0.05) is 32.7 Å². The van der Waals surface area contributed by atoms with Crippen molar-refractivity contribution in [1.29, 1.82) is 0 Å². The Morgan fingerprint density at radius 1 is 1.18 bits per heavy atom. The molecule has 160 valence electrons. The molecule has 0 atom stereocenters. The lowest BCUT2D eigenvalue weighted by molar-refractivity contribution is -0.143. The van der Waals surface area contributed by atoms with Crippen molar-refractivity contribution >= 4 is 40.8 Å². The summed E-state index contributed by atoms with van der Waals surface area (Å²) in [5.41, 5.74) is 0.246. The average molecular weight is 454 g/mol. The summed E-state index contributed by atoms with van der Waals surface area (Å²) >= 11 is 0. The van der Waals surface area contributed by atoms with E-state index >= 15 is 0 Å². The molecule has 2 fully saturated rings. The highest BCUT2D eigenvalue weighted by Gasteiger charge is 2.52. The van der Waals surface area contributed by atoms with Crippen LogP contribution in [0.1, 0.15) is 24.8 Å². The van der Waals surface area contributed by atoms with Crippen LogP contribution in [-0.4, -0.2) is 65.7 Å². The van der Waals surface area contributed by atoms with E-state index in [0.717, 1.165) is 57.5 Å². The smallest absolute Gasteiger partial charge is 0.316 e. The van der Waals surface area contributed by atoms with Crippen molar-refractivity contribution in [2.75, 3.05) is 46.4 Å². The van der Waals surface area contributed by atoms with Crippen LogP contribution < -0.4 is 10.0 Å². The van der Waals surface area contributed by atoms with Crippen LogP contribution in [0.3, 0.4) is 0 Å². The lowest BCUT2D eigenvalue weighted by atomic mass is 9.96. The maximum atomic E-state index is 12.4. The topological polar surface area (TPSA) is 87.7 Å². The van der Waals surface area contributed by atoms with E-state index in [9.17, 15) is 13.2 Å². The largest absolute Gasteiger partial charge is 0.468 e. The first-order valence-corrected chi connectivity index (χ1v) is 10.6. The Hall–Kier alpha value is -0.900. The maximum absolute atomic E-state index is 12.4. The van der Waals surface area contributed by atoms with Crippen LogP contribution in [-0.2, 0) is 25.0 Å². The number of hydrogen-bond acceptors (Lipinski definition) is 6. The summed E-state index contributed by atoms with van der Waals surface area (Å²) in [6.07, 6.45) is 2.27. The fourth-order valence-corrected chi connectivity index (χ4v) is 4.49. The van der Waals surface area contributed by atoms with Crippen molar-refractivity contribution in [2.45, 2.75) is 29.6 Å². The van der Waals surface area contributed by atoms with E-state index in [-0.39, 0.29) is 35.7 Å². The molecule has 1 aromatic rings. The number of carbonyl (C=O) groups is 1. The second-order valence-electron chi connectivity index (χ2n) is 6.94. The van der Waals surface area contributed by atoms with Gasteiger partial charge in [-0.15, -0.1) is 24.8 Å². The molecule has 3 rings (SSSR count). The van der Waals surface area contributed by atoms with Gasteiger partial charge in [0.15, 0.2) is 0 Å². The molecular weight excluding hydrogens is 425 g/mol. The molecule has 0 radical (unpaired) electrons. The van der Waals surface area contributed by atoms with Gasteiger partial charge in [-0.25, -0.2) is 13.1 Å². The van der Waals surface area contributed by atoms with Gasteiger partial charge < -0.3 is 15.0 Å². The zero-order chi connectivity index (χ0) is 18.6. The maximum Gasteiger partial charge on any atom is 0.316 e. The number of rotatable bonds is 8. The Bertz CT molecular complexity index is 734. The number of piperazine rings is 1. The molecule has 1 aliphatic carbocycles. The lowest BCUT2D eigenvalue weighted by Gasteiger charge is -2.27. The lowest BCUT2D eigenvalue weighted by Crippen LogP contribution is -2.44. The number of ether oxygens (including phenoxy) is 1. The number of carbonyl (C=O) groups excluding carboxylic acids is 1. The fourth-order valence-electron chi connectivity index (χ4n) is 3.41. The van der Waals surface area contributed by atoms with Crippen molar-refractivity contribution in [3.63, 3.8) is 0 Å². The number of nitrogens with zero attached hydrogens (tertiary/aromatic N) is 1. The molecule has 1 heterocycles. The van der Waals surface area contributed by atoms with Crippen LogP contribution in [0.4, 0.5) is 0 Å². The number of sulfonamides is 1. The van der Waals surface area contributed by atoms with E-state index in [4.69, 9.17) is 4.74 Å². The monoisotopic (exact) mass is 453 g/mol. The van der Waals surface area contributed by atoms with Gasteiger partial charge in [0.2, 0.25) is 10.0 Å². The number of methoxy groups -OCH3 is 1. The predicted octanol–water partition coefficient (Wildman–Crippen LogP) is 1.31. The molecule has 2 aliphatic rings. The first kappa shape index (κ1) is 25.1. The highest BCUT2D eigenvalue weighted by atomic mass is 35.5. The molecule has 0 amide bonds. The SMILES string of the molecule is COC(=O)C1(c2ccc(S(=O)(=O)NCCCN3CCNCC3)cc2)CC1.Cl.Cl. The third-order valence-electron chi connectivity index (χ3n) is 5.20. The minimum atomic E-state index is -3.53. The Morgan fingerprint density at radius 3 is 2.32 bits per heavy atom. The molecule has 2 N–H and O–H groups in total. The van der Waals surface area contributed by atoms with Gasteiger partial charge in [0.05, 0.1) is 17.4 Å². The van der Waals surface area contributed by atoms with Crippen LogP contribution in [0.2, 0.25) is 0 Å². The first-order chi connectivity index (χ1) is 12.5. The minimum Gasteiger partial charge on any atom is -0.468 e. The van der Waals surface area contributed by atoms with E-state index in [1.807, 2.05) is 0 Å². The van der Waals surface area contributed by atoms with Gasteiger partial charge in [-0.05, 0) is 43.5 Å². The summed E-state index contributed by atoms with van der Waals surface area (Å²) in [5, 5.41) is 3.30. The van der Waals surface area contributed by atoms with Crippen molar-refractivity contribution in [1.82, 2.24) is 14.9 Å². The van der Waals surface area contributed by atoms with E-state index in [0.29, 0.717) is 6.54 Å². The number of halogens is 2. The average Bonchev–Trinajstić information content (AvgIpc) is 3.48. The van der Waals surface area contributed by atoms with Gasteiger partial charge in [-0.1, -0.05) is 12.1 Å². The molecule has 0 aromatic heterocycles. The highest BCUT2D eigenvalue weighted by Crippen LogP contribution is 2.49. The molecule has 1 saturated heterocycles. The predicted molar refractivity (Wildman–Crippen MR) is 113 cm³/mol. The molecule has 10 heteroatoms. The summed E-state index contributed by atoms with van der Waals surface area (Å²) in [6.45, 7) is 5.31. The van der Waals surface area contributed by atoms with Crippen LogP contribution in [0, 0.1) is 0 Å². The van der Waals surface area contributed by atoms with Gasteiger partial charge >= 0.3 is 5.97 Å². The minimum absolute atomic E-state index is 0. The Labute approximate surface area is 179 Å². The van der Waals surface area contributed by atoms with Crippen molar-refractivity contribution in [2.24, 2.45) is 0 Å². The Kier molecular flexibility index (Phi) is 9.66. The molecule has 1 aromatic carbocycles. The molecule has 0 bridgehead atoms. The van der Waals surface area contributed by atoms with Crippen LogP contribution in [0.25, 0.3) is 0 Å². The zero-order valence-corrected chi connectivity index (χ0v) is 18.4. The van der Waals surface area contributed by atoms with E-state index < -0.39 is 15.4 Å². The molecule has 0 spiro atoms. The van der Waals surface area contributed by atoms with E-state index in [2.05, 4.69) is 14.9 Å². The van der Waals surface area contributed by atoms with Gasteiger partial charge in [-0.3, -0.25) is 4.79 Å². The van der Waals surface area contributed by atoms with Crippen molar-refractivity contribution < 1.29 is 17.9 Å². The number of hydrogen-bond donors (Lipinski definition) is 2. The number of nitrogens with one attached hydrogen (secondary N) is 2. The first-order valence-electron chi connectivity index (χ1n) is 9.10. The van der Waals surface area contributed by atoms with E-state index in [1.54, 1.807) is 24.3 Å². The summed E-state index contributed by atoms with van der Waals surface area (Å²) in [4.78, 5) is 14.5. The third-order valence-corrected chi connectivity index (χ3v) is 6.67. The Balaban J connectivity index is 0.00000196. The molecule has 28 heavy (non-hydrogen) atoms. The molecule has 1 saturated carbocycles. The fraction of sp³-hybridized carbons (Fsp3) is 0.611. The van der Waals surface area contributed by atoms with Crippen molar-refractivity contribution in [3.8, 4) is 0 Å².